The van der Waals surface area contributed by atoms with Crippen molar-refractivity contribution in [3.05, 3.63) is 71.9 Å². The monoisotopic (exact) mass is 497 g/mol. The van der Waals surface area contributed by atoms with Gasteiger partial charge in [0.25, 0.3) is 12.3 Å². The maximum atomic E-state index is 14.5. The van der Waals surface area contributed by atoms with Crippen molar-refractivity contribution in [2.24, 2.45) is 0 Å². The largest absolute Gasteiger partial charge is 0.385 e. The lowest BCUT2D eigenvalue weighted by molar-refractivity contribution is -0.123. The van der Waals surface area contributed by atoms with Crippen molar-refractivity contribution >= 4 is 23.6 Å². The average Bonchev–Trinajstić information content (AvgIpc) is 3.36. The molecule has 36 heavy (non-hydrogen) atoms. The van der Waals surface area contributed by atoms with E-state index in [-0.39, 0.29) is 28.9 Å². The van der Waals surface area contributed by atoms with Crippen molar-refractivity contribution in [1.29, 1.82) is 0 Å². The van der Waals surface area contributed by atoms with Crippen LogP contribution in [-0.4, -0.2) is 51.8 Å². The molecule has 0 bridgehead atoms. The summed E-state index contributed by atoms with van der Waals surface area (Å²) < 4.78 is 44.0. The fourth-order valence-electron chi connectivity index (χ4n) is 4.09. The minimum atomic E-state index is -2.94. The molecule has 3 atom stereocenters. The number of imidazole rings is 1. The first-order valence-corrected chi connectivity index (χ1v) is 11.1. The molecule has 1 amide bonds. The quantitative estimate of drug-likeness (QED) is 0.354. The van der Waals surface area contributed by atoms with Crippen LogP contribution in [0.3, 0.4) is 0 Å². The maximum Gasteiger partial charge on any atom is 0.272 e. The molecule has 12 heteroatoms. The van der Waals surface area contributed by atoms with E-state index in [0.717, 1.165) is 0 Å². The molecule has 2 aromatic heterocycles. The summed E-state index contributed by atoms with van der Waals surface area (Å²) in [7, 11) is 1.64. The Bertz CT molecular complexity index is 1340. The van der Waals surface area contributed by atoms with Gasteiger partial charge in [0.1, 0.15) is 6.17 Å². The van der Waals surface area contributed by atoms with Crippen LogP contribution in [0.1, 0.15) is 34.6 Å². The van der Waals surface area contributed by atoms with Crippen LogP contribution < -0.4 is 21.4 Å². The molecule has 3 aromatic rings. The van der Waals surface area contributed by atoms with Gasteiger partial charge in [0.2, 0.25) is 5.66 Å². The number of amides is 1. The second-order valence-electron chi connectivity index (χ2n) is 8.47. The lowest BCUT2D eigenvalue weighted by Gasteiger charge is -2.38. The van der Waals surface area contributed by atoms with E-state index in [1.807, 2.05) is 0 Å². The van der Waals surface area contributed by atoms with Crippen molar-refractivity contribution in [3.63, 3.8) is 0 Å². The van der Waals surface area contributed by atoms with E-state index >= 15 is 0 Å². The number of pyridine rings is 1. The summed E-state index contributed by atoms with van der Waals surface area (Å²) in [5, 5.41) is 8.54. The van der Waals surface area contributed by atoms with E-state index in [4.69, 9.17) is 0 Å². The highest BCUT2D eigenvalue weighted by atomic mass is 19.3. The van der Waals surface area contributed by atoms with E-state index in [0.29, 0.717) is 23.4 Å². The second kappa shape index (κ2) is 9.02. The van der Waals surface area contributed by atoms with Gasteiger partial charge < -0.3 is 16.0 Å². The Labute approximate surface area is 203 Å². The van der Waals surface area contributed by atoms with E-state index in [2.05, 4.69) is 31.3 Å². The molecule has 3 heterocycles. The van der Waals surface area contributed by atoms with E-state index in [9.17, 15) is 22.8 Å². The number of halogens is 3. The topological polar surface area (TPSA) is 113 Å². The number of anilines is 1. The molecule has 5 rings (SSSR count). The van der Waals surface area contributed by atoms with Gasteiger partial charge in [0.15, 0.2) is 12.1 Å². The predicted octanol–water partition coefficient (Wildman–Crippen LogP) is 2.85. The normalized spacial score (nSPS) is 22.2. The van der Waals surface area contributed by atoms with Crippen LogP contribution in [-0.2, 0) is 4.79 Å². The van der Waals surface area contributed by atoms with Crippen molar-refractivity contribution in [2.75, 3.05) is 17.8 Å². The Morgan fingerprint density at radius 1 is 1.28 bits per heavy atom. The number of hydrogen-bond donors (Lipinski definition) is 4. The van der Waals surface area contributed by atoms with E-state index in [1.54, 1.807) is 19.3 Å². The molecule has 1 aliphatic heterocycles. The number of fused-ring (bicyclic) bond motifs is 1. The SMILES string of the molecule is CNC1=CC(Nc2cccc(-c3ccc(C=O)cn3)c2C(F)F)(C(=O)N[C@@H]2C[C@@H]2F)Nn2ccnc21. The van der Waals surface area contributed by atoms with Crippen LogP contribution in [0.4, 0.5) is 18.9 Å². The number of aldehydes is 1. The molecule has 0 spiro atoms. The molecular weight excluding hydrogens is 475 g/mol. The standard InChI is InChI=1S/C24H22F3N7O2/c1-28-19-10-24(23(36)31-18-9-15(18)25,33-34-8-7-29-22(19)34)32-17-4-2-3-14(20(17)21(26)27)16-6-5-13(12-35)11-30-16/h2-8,10-12,15,18,21,28,32-33H,9H2,1H3,(H,31,36)/t15-,18+,24?/m0/s1. The van der Waals surface area contributed by atoms with Gasteiger partial charge in [-0.05, 0) is 24.3 Å². The predicted molar refractivity (Wildman–Crippen MR) is 126 cm³/mol. The molecule has 1 fully saturated rings. The van der Waals surface area contributed by atoms with E-state index < -0.39 is 30.2 Å². The molecule has 1 unspecified atom stereocenters. The number of hydrogen-bond acceptors (Lipinski definition) is 7. The Morgan fingerprint density at radius 3 is 2.72 bits per heavy atom. The fraction of sp³-hybridized carbons (Fsp3) is 0.250. The summed E-state index contributed by atoms with van der Waals surface area (Å²) in [6.45, 7) is 0. The zero-order valence-corrected chi connectivity index (χ0v) is 19.0. The number of aromatic nitrogens is 3. The summed E-state index contributed by atoms with van der Waals surface area (Å²) in [5.74, 6) is -0.182. The first kappa shape index (κ1) is 23.4. The third-order valence-corrected chi connectivity index (χ3v) is 6.05. The van der Waals surface area contributed by atoms with Crippen molar-refractivity contribution in [2.45, 2.75) is 30.7 Å². The third-order valence-electron chi connectivity index (χ3n) is 6.05. The second-order valence-corrected chi connectivity index (χ2v) is 8.47. The minimum Gasteiger partial charge on any atom is -0.385 e. The minimum absolute atomic E-state index is 0.0331. The summed E-state index contributed by atoms with van der Waals surface area (Å²) in [5.41, 5.74) is 1.92. The summed E-state index contributed by atoms with van der Waals surface area (Å²) in [6.07, 6.45) is 2.56. The van der Waals surface area contributed by atoms with Crippen LogP contribution in [0.5, 0.6) is 0 Å². The van der Waals surface area contributed by atoms with Gasteiger partial charge in [0.05, 0.1) is 23.0 Å². The van der Waals surface area contributed by atoms with E-state index in [1.165, 1.54) is 47.4 Å². The smallest absolute Gasteiger partial charge is 0.272 e. The van der Waals surface area contributed by atoms with Gasteiger partial charge in [-0.2, -0.15) is 0 Å². The Balaban J connectivity index is 1.60. The summed E-state index contributed by atoms with van der Waals surface area (Å²) in [4.78, 5) is 32.8. The molecule has 1 aliphatic carbocycles. The van der Waals surface area contributed by atoms with Crippen LogP contribution in [0.2, 0.25) is 0 Å². The van der Waals surface area contributed by atoms with Gasteiger partial charge in [-0.3, -0.25) is 20.0 Å². The number of alkyl halides is 3. The van der Waals surface area contributed by atoms with Gasteiger partial charge in [-0.15, -0.1) is 0 Å². The summed E-state index contributed by atoms with van der Waals surface area (Å²) >= 11 is 0. The molecule has 0 saturated heterocycles. The fourth-order valence-corrected chi connectivity index (χ4v) is 4.09. The number of nitrogens with one attached hydrogen (secondary N) is 4. The number of benzene rings is 1. The molecule has 186 valence electrons. The van der Waals surface area contributed by atoms with Crippen LogP contribution in [0, 0.1) is 0 Å². The molecule has 9 nitrogen and oxygen atoms in total. The molecule has 1 aromatic carbocycles. The molecule has 0 radical (unpaired) electrons. The Morgan fingerprint density at radius 2 is 2.08 bits per heavy atom. The molecular formula is C24H22F3N7O2. The van der Waals surface area contributed by atoms with Gasteiger partial charge >= 0.3 is 0 Å². The zero-order valence-electron chi connectivity index (χ0n) is 19.0. The van der Waals surface area contributed by atoms with Crippen molar-refractivity contribution < 1.29 is 22.8 Å². The third kappa shape index (κ3) is 4.14. The van der Waals surface area contributed by atoms with Gasteiger partial charge in [-0.25, -0.2) is 22.8 Å². The summed E-state index contributed by atoms with van der Waals surface area (Å²) in [6, 6.07) is 6.76. The van der Waals surface area contributed by atoms with Crippen LogP contribution in [0.15, 0.2) is 55.0 Å². The lowest BCUT2D eigenvalue weighted by Crippen LogP contribution is -2.61. The lowest BCUT2D eigenvalue weighted by atomic mass is 9.99. The van der Waals surface area contributed by atoms with Crippen LogP contribution in [0.25, 0.3) is 17.0 Å². The Kier molecular flexibility index (Phi) is 5.86. The van der Waals surface area contributed by atoms with Crippen molar-refractivity contribution in [1.82, 2.24) is 25.3 Å². The molecule has 4 N–H and O–H groups in total. The number of carbonyl (C=O) groups excluding carboxylic acids is 2. The van der Waals surface area contributed by atoms with Gasteiger partial charge in [-0.1, -0.05) is 12.1 Å². The number of nitrogens with zero attached hydrogens (tertiary/aromatic N) is 3. The first-order chi connectivity index (χ1) is 17.3. The highest BCUT2D eigenvalue weighted by Gasteiger charge is 2.47. The van der Waals surface area contributed by atoms with Crippen LogP contribution >= 0.6 is 0 Å². The van der Waals surface area contributed by atoms with Crippen molar-refractivity contribution in [3.8, 4) is 11.3 Å². The highest BCUT2D eigenvalue weighted by Crippen LogP contribution is 2.38. The molecule has 1 saturated carbocycles. The Hall–Kier alpha value is -4.35. The number of carbonyl (C=O) groups is 2. The average molecular weight is 497 g/mol. The van der Waals surface area contributed by atoms with Gasteiger partial charge in [0, 0.05) is 48.9 Å². The first-order valence-electron chi connectivity index (χ1n) is 11.1. The zero-order chi connectivity index (χ0) is 25.4. The highest BCUT2D eigenvalue weighted by molar-refractivity contribution is 5.96. The maximum absolute atomic E-state index is 14.5. The number of rotatable bonds is 8. The molecule has 2 aliphatic rings.